The van der Waals surface area contributed by atoms with Gasteiger partial charge in [0.25, 0.3) is 0 Å². The van der Waals surface area contributed by atoms with Crippen molar-refractivity contribution < 1.29 is 0 Å². The van der Waals surface area contributed by atoms with E-state index < -0.39 is 0 Å². The minimum Gasteiger partial charge on any atom is -0.358 e. The van der Waals surface area contributed by atoms with Crippen molar-refractivity contribution in [3.05, 3.63) is 53.9 Å². The molecule has 0 aliphatic rings. The van der Waals surface area contributed by atoms with E-state index in [9.17, 15) is 0 Å². The summed E-state index contributed by atoms with van der Waals surface area (Å²) in [6, 6.07) is 10.6. The van der Waals surface area contributed by atoms with E-state index in [0.717, 1.165) is 25.9 Å². The first-order valence-corrected chi connectivity index (χ1v) is 7.99. The molecule has 0 fully saturated rings. The summed E-state index contributed by atoms with van der Waals surface area (Å²) in [7, 11) is 2.15. The standard InChI is InChI=1S/C19H30N2/c1-6-15-21(16-7-2)19(14-13-17(3)4)20(5)18-11-9-8-10-12-18/h8-14H,6-7,15-16H2,1-5H3/b19-14+. The molecule has 0 heterocycles. The highest BCUT2D eigenvalue weighted by Crippen LogP contribution is 2.20. The second-order valence-corrected chi connectivity index (χ2v) is 5.65. The zero-order valence-corrected chi connectivity index (χ0v) is 14.3. The van der Waals surface area contributed by atoms with Crippen molar-refractivity contribution in [3.8, 4) is 0 Å². The van der Waals surface area contributed by atoms with Crippen molar-refractivity contribution in [2.24, 2.45) is 0 Å². The Morgan fingerprint density at radius 2 is 1.52 bits per heavy atom. The van der Waals surface area contributed by atoms with Gasteiger partial charge in [0.1, 0.15) is 5.82 Å². The molecule has 0 aliphatic heterocycles. The van der Waals surface area contributed by atoms with Gasteiger partial charge in [0, 0.05) is 25.8 Å². The quantitative estimate of drug-likeness (QED) is 0.617. The molecule has 0 unspecified atom stereocenters. The molecule has 1 aromatic carbocycles. The highest BCUT2D eigenvalue weighted by atomic mass is 15.3. The number of hydrogen-bond donors (Lipinski definition) is 0. The summed E-state index contributed by atoms with van der Waals surface area (Å²) in [5, 5.41) is 0. The Kier molecular flexibility index (Phi) is 7.66. The van der Waals surface area contributed by atoms with Gasteiger partial charge in [0.15, 0.2) is 0 Å². The van der Waals surface area contributed by atoms with Crippen LogP contribution in [0.5, 0.6) is 0 Å². The second-order valence-electron chi connectivity index (χ2n) is 5.65. The molecule has 2 heteroatoms. The molecule has 0 N–H and O–H groups in total. The van der Waals surface area contributed by atoms with Crippen molar-refractivity contribution in [2.45, 2.75) is 40.5 Å². The maximum Gasteiger partial charge on any atom is 0.108 e. The van der Waals surface area contributed by atoms with Gasteiger partial charge in [0.05, 0.1) is 0 Å². The fraction of sp³-hybridized carbons (Fsp3) is 0.474. The highest BCUT2D eigenvalue weighted by Gasteiger charge is 2.13. The fourth-order valence-corrected chi connectivity index (χ4v) is 2.34. The number of para-hydroxylation sites is 1. The molecule has 1 rings (SSSR count). The van der Waals surface area contributed by atoms with E-state index in [1.165, 1.54) is 17.1 Å². The Hall–Kier alpha value is -1.70. The maximum atomic E-state index is 2.48. The summed E-state index contributed by atoms with van der Waals surface area (Å²) in [6.45, 7) is 10.9. The van der Waals surface area contributed by atoms with Crippen LogP contribution in [-0.4, -0.2) is 25.0 Å². The molecule has 0 radical (unpaired) electrons. The molecule has 1 aromatic rings. The molecule has 0 atom stereocenters. The largest absolute Gasteiger partial charge is 0.358 e. The SMILES string of the molecule is CCCN(CCC)/C(=C/C=C(C)C)N(C)c1ccccc1. The summed E-state index contributed by atoms with van der Waals surface area (Å²) < 4.78 is 0. The van der Waals surface area contributed by atoms with Crippen LogP contribution in [0.4, 0.5) is 5.69 Å². The number of benzene rings is 1. The second kappa shape index (κ2) is 9.28. The third-order valence-electron chi connectivity index (χ3n) is 3.36. The Morgan fingerprint density at radius 3 is 2.00 bits per heavy atom. The van der Waals surface area contributed by atoms with E-state index in [2.05, 4.69) is 87.0 Å². The van der Waals surface area contributed by atoms with Crippen LogP contribution in [0.25, 0.3) is 0 Å². The number of nitrogens with zero attached hydrogens (tertiary/aromatic N) is 2. The van der Waals surface area contributed by atoms with Gasteiger partial charge >= 0.3 is 0 Å². The average molecular weight is 286 g/mol. The number of allylic oxidation sites excluding steroid dienone is 3. The molecule has 0 spiro atoms. The summed E-state index contributed by atoms with van der Waals surface area (Å²) >= 11 is 0. The van der Waals surface area contributed by atoms with Crippen molar-refractivity contribution in [1.29, 1.82) is 0 Å². The summed E-state index contributed by atoms with van der Waals surface area (Å²) in [5.74, 6) is 1.27. The minimum absolute atomic E-state index is 1.09. The number of rotatable bonds is 8. The summed E-state index contributed by atoms with van der Waals surface area (Å²) in [6.07, 6.45) is 6.77. The lowest BCUT2D eigenvalue weighted by Crippen LogP contribution is -2.34. The zero-order valence-electron chi connectivity index (χ0n) is 14.3. The van der Waals surface area contributed by atoms with E-state index in [4.69, 9.17) is 0 Å². The lowest BCUT2D eigenvalue weighted by Gasteiger charge is -2.33. The number of hydrogen-bond acceptors (Lipinski definition) is 2. The Labute approximate surface area is 130 Å². The Balaban J connectivity index is 3.11. The fourth-order valence-electron chi connectivity index (χ4n) is 2.34. The van der Waals surface area contributed by atoms with Gasteiger partial charge in [-0.25, -0.2) is 0 Å². The summed E-state index contributed by atoms with van der Waals surface area (Å²) in [4.78, 5) is 4.76. The molecular weight excluding hydrogens is 256 g/mol. The average Bonchev–Trinajstić information content (AvgIpc) is 2.48. The van der Waals surface area contributed by atoms with E-state index in [1.54, 1.807) is 0 Å². The smallest absolute Gasteiger partial charge is 0.108 e. The zero-order chi connectivity index (χ0) is 15.7. The van der Waals surface area contributed by atoms with Crippen molar-refractivity contribution in [3.63, 3.8) is 0 Å². The van der Waals surface area contributed by atoms with Gasteiger partial charge in [-0.05, 0) is 44.9 Å². The van der Waals surface area contributed by atoms with Crippen LogP contribution in [0, 0.1) is 0 Å². The molecular formula is C19H30N2. The van der Waals surface area contributed by atoms with E-state index in [0.29, 0.717) is 0 Å². The predicted octanol–water partition coefficient (Wildman–Crippen LogP) is 5.05. The van der Waals surface area contributed by atoms with E-state index in [-0.39, 0.29) is 0 Å². The molecule has 0 aromatic heterocycles. The molecule has 0 aliphatic carbocycles. The lowest BCUT2D eigenvalue weighted by molar-refractivity contribution is 0.337. The Morgan fingerprint density at radius 1 is 0.952 bits per heavy atom. The van der Waals surface area contributed by atoms with Gasteiger partial charge in [-0.3, -0.25) is 0 Å². The van der Waals surface area contributed by atoms with Crippen LogP contribution < -0.4 is 4.90 Å². The Bertz CT molecular complexity index is 450. The highest BCUT2D eigenvalue weighted by molar-refractivity contribution is 5.51. The molecule has 0 amide bonds. The van der Waals surface area contributed by atoms with Gasteiger partial charge in [-0.2, -0.15) is 0 Å². The van der Waals surface area contributed by atoms with Crippen LogP contribution in [0.3, 0.4) is 0 Å². The molecule has 0 bridgehead atoms. The van der Waals surface area contributed by atoms with Crippen LogP contribution in [0.15, 0.2) is 53.9 Å². The van der Waals surface area contributed by atoms with Crippen molar-refractivity contribution >= 4 is 5.69 Å². The molecule has 0 saturated carbocycles. The molecule has 2 nitrogen and oxygen atoms in total. The van der Waals surface area contributed by atoms with Gasteiger partial charge in [-0.15, -0.1) is 0 Å². The van der Waals surface area contributed by atoms with Gasteiger partial charge in [0.2, 0.25) is 0 Å². The normalized spacial score (nSPS) is 11.2. The van der Waals surface area contributed by atoms with Crippen LogP contribution in [-0.2, 0) is 0 Å². The van der Waals surface area contributed by atoms with Crippen LogP contribution in [0.2, 0.25) is 0 Å². The van der Waals surface area contributed by atoms with E-state index >= 15 is 0 Å². The van der Waals surface area contributed by atoms with Crippen LogP contribution >= 0.6 is 0 Å². The first-order chi connectivity index (χ1) is 10.1. The first-order valence-electron chi connectivity index (χ1n) is 7.99. The topological polar surface area (TPSA) is 6.48 Å². The third-order valence-corrected chi connectivity index (χ3v) is 3.36. The van der Waals surface area contributed by atoms with Gasteiger partial charge in [-0.1, -0.05) is 43.7 Å². The van der Waals surface area contributed by atoms with Crippen LogP contribution in [0.1, 0.15) is 40.5 Å². The number of anilines is 1. The minimum atomic E-state index is 1.09. The maximum absolute atomic E-state index is 2.48. The predicted molar refractivity (Wildman–Crippen MR) is 94.5 cm³/mol. The summed E-state index contributed by atoms with van der Waals surface area (Å²) in [5.41, 5.74) is 2.55. The third kappa shape index (κ3) is 5.66. The molecule has 116 valence electrons. The van der Waals surface area contributed by atoms with Crippen molar-refractivity contribution in [1.82, 2.24) is 4.90 Å². The monoisotopic (exact) mass is 286 g/mol. The first kappa shape index (κ1) is 17.4. The van der Waals surface area contributed by atoms with E-state index in [1.807, 2.05) is 0 Å². The lowest BCUT2D eigenvalue weighted by atomic mass is 10.2. The molecule has 0 saturated heterocycles. The van der Waals surface area contributed by atoms with Crippen molar-refractivity contribution in [2.75, 3.05) is 25.0 Å². The molecule has 21 heavy (non-hydrogen) atoms. The van der Waals surface area contributed by atoms with Gasteiger partial charge < -0.3 is 9.80 Å².